The van der Waals surface area contributed by atoms with Crippen LogP contribution in [-0.2, 0) is 0 Å². The first kappa shape index (κ1) is 14.0. The third-order valence-corrected chi connectivity index (χ3v) is 4.18. The van der Waals surface area contributed by atoms with Crippen LogP contribution in [0.5, 0.6) is 0 Å². The zero-order valence-electron chi connectivity index (χ0n) is 12.8. The van der Waals surface area contributed by atoms with E-state index in [9.17, 15) is 4.79 Å². The van der Waals surface area contributed by atoms with Crippen molar-refractivity contribution >= 4 is 11.6 Å². The number of carbonyl (C=O) groups is 1. The molecule has 21 heavy (non-hydrogen) atoms. The summed E-state index contributed by atoms with van der Waals surface area (Å²) in [7, 11) is 5.63. The van der Waals surface area contributed by atoms with Gasteiger partial charge in [0.2, 0.25) is 0 Å². The van der Waals surface area contributed by atoms with Crippen LogP contribution in [0, 0.1) is 0 Å². The molecule has 0 spiro atoms. The summed E-state index contributed by atoms with van der Waals surface area (Å²) in [6, 6.07) is 2.35. The van der Waals surface area contributed by atoms with Gasteiger partial charge < -0.3 is 4.90 Å². The van der Waals surface area contributed by atoms with Gasteiger partial charge in [0, 0.05) is 20.3 Å². The lowest BCUT2D eigenvalue weighted by atomic mass is 10.00. The van der Waals surface area contributed by atoms with Gasteiger partial charge in [-0.3, -0.25) is 9.69 Å². The summed E-state index contributed by atoms with van der Waals surface area (Å²) < 4.78 is 1.82. The lowest BCUT2D eigenvalue weighted by Crippen LogP contribution is -2.31. The van der Waals surface area contributed by atoms with Crippen molar-refractivity contribution in [3.8, 4) is 0 Å². The van der Waals surface area contributed by atoms with Gasteiger partial charge >= 0.3 is 0 Å². The number of hydrogen-bond acceptors (Lipinski definition) is 4. The summed E-state index contributed by atoms with van der Waals surface area (Å²) in [6.45, 7) is 1.10. The summed E-state index contributed by atoms with van der Waals surface area (Å²) in [5, 5.41) is 4.41. The first-order valence-electron chi connectivity index (χ1n) is 7.34. The second kappa shape index (κ2) is 5.44. The molecule has 0 aromatic carbocycles. The van der Waals surface area contributed by atoms with Gasteiger partial charge in [-0.05, 0) is 32.5 Å². The van der Waals surface area contributed by atoms with E-state index in [1.54, 1.807) is 31.4 Å². The summed E-state index contributed by atoms with van der Waals surface area (Å²) in [4.78, 5) is 20.5. The Kier molecular flexibility index (Phi) is 3.63. The third kappa shape index (κ3) is 2.40. The molecule has 1 amide bonds. The van der Waals surface area contributed by atoms with E-state index in [0.717, 1.165) is 18.7 Å². The predicted molar refractivity (Wildman–Crippen MR) is 80.2 cm³/mol. The number of carbonyl (C=O) groups excluding carboxylic acids is 1. The molecule has 3 rings (SSSR count). The van der Waals surface area contributed by atoms with Crippen molar-refractivity contribution in [2.75, 3.05) is 27.7 Å². The van der Waals surface area contributed by atoms with Gasteiger partial charge in [0.15, 0.2) is 5.65 Å². The normalized spacial score (nSPS) is 19.9. The maximum Gasteiger partial charge on any atom is 0.258 e. The van der Waals surface area contributed by atoms with Crippen molar-refractivity contribution < 1.29 is 4.79 Å². The fourth-order valence-electron chi connectivity index (χ4n) is 3.00. The van der Waals surface area contributed by atoms with E-state index in [4.69, 9.17) is 0 Å². The Balaban J connectivity index is 2.07. The number of likely N-dealkylation sites (tertiary alicyclic amines) is 1. The number of aromatic nitrogens is 3. The summed E-state index contributed by atoms with van der Waals surface area (Å²) in [6.07, 6.45) is 6.99. The molecule has 2 aromatic rings. The van der Waals surface area contributed by atoms with Gasteiger partial charge in [0.1, 0.15) is 5.56 Å². The molecule has 2 aromatic heterocycles. The molecule has 6 nitrogen and oxygen atoms in total. The Labute approximate surface area is 124 Å². The summed E-state index contributed by atoms with van der Waals surface area (Å²) in [5.74, 6) is -0.0633. The molecule has 0 N–H and O–H groups in total. The predicted octanol–water partition coefficient (Wildman–Crippen LogP) is 1.59. The van der Waals surface area contributed by atoms with Crippen molar-refractivity contribution in [3.63, 3.8) is 0 Å². The van der Waals surface area contributed by atoms with Crippen LogP contribution in [0.2, 0.25) is 0 Å². The maximum atomic E-state index is 12.2. The van der Waals surface area contributed by atoms with E-state index in [1.807, 2.05) is 10.6 Å². The van der Waals surface area contributed by atoms with Crippen molar-refractivity contribution in [1.82, 2.24) is 24.4 Å². The van der Waals surface area contributed by atoms with Crippen LogP contribution in [0.1, 0.15) is 41.4 Å². The summed E-state index contributed by atoms with van der Waals surface area (Å²) >= 11 is 0. The number of fused-ring (bicyclic) bond motifs is 1. The van der Waals surface area contributed by atoms with Crippen molar-refractivity contribution in [3.05, 3.63) is 29.7 Å². The zero-order chi connectivity index (χ0) is 15.0. The molecule has 1 saturated heterocycles. The SMILES string of the molecule is CN(C)C(=O)c1cnn2c([C@H]3CCCCN3C)ccnc12. The van der Waals surface area contributed by atoms with Crippen molar-refractivity contribution in [1.29, 1.82) is 0 Å². The van der Waals surface area contributed by atoms with Crippen LogP contribution in [-0.4, -0.2) is 58.0 Å². The maximum absolute atomic E-state index is 12.2. The second-order valence-electron chi connectivity index (χ2n) is 5.86. The van der Waals surface area contributed by atoms with E-state index in [-0.39, 0.29) is 5.91 Å². The zero-order valence-corrected chi connectivity index (χ0v) is 12.8. The van der Waals surface area contributed by atoms with Crippen LogP contribution in [0.25, 0.3) is 5.65 Å². The largest absolute Gasteiger partial charge is 0.345 e. The van der Waals surface area contributed by atoms with Crippen LogP contribution in [0.3, 0.4) is 0 Å². The Hall–Kier alpha value is -1.95. The third-order valence-electron chi connectivity index (χ3n) is 4.18. The Bertz CT molecular complexity index is 663. The minimum Gasteiger partial charge on any atom is -0.345 e. The standard InChI is InChI=1S/C15H21N5O/c1-18(2)15(21)11-10-17-20-13(7-8-16-14(11)20)12-6-4-5-9-19(12)3/h7-8,10,12H,4-6,9H2,1-3H3/t12-/m1/s1. The quantitative estimate of drug-likeness (QED) is 0.841. The number of hydrogen-bond donors (Lipinski definition) is 0. The highest BCUT2D eigenvalue weighted by Crippen LogP contribution is 2.29. The highest BCUT2D eigenvalue weighted by molar-refractivity contribution is 5.99. The molecule has 0 bridgehead atoms. The highest BCUT2D eigenvalue weighted by Gasteiger charge is 2.25. The van der Waals surface area contributed by atoms with Crippen LogP contribution in [0.15, 0.2) is 18.5 Å². The monoisotopic (exact) mass is 287 g/mol. The molecule has 1 aliphatic rings. The molecule has 0 saturated carbocycles. The molecule has 1 fully saturated rings. The minimum atomic E-state index is -0.0633. The molecule has 0 unspecified atom stereocenters. The van der Waals surface area contributed by atoms with Crippen LogP contribution in [0.4, 0.5) is 0 Å². The lowest BCUT2D eigenvalue weighted by Gasteiger charge is -2.32. The van der Waals surface area contributed by atoms with E-state index in [2.05, 4.69) is 22.0 Å². The Morgan fingerprint density at radius 2 is 2.19 bits per heavy atom. The first-order chi connectivity index (χ1) is 10.1. The van der Waals surface area contributed by atoms with Gasteiger partial charge in [-0.2, -0.15) is 5.10 Å². The molecule has 112 valence electrons. The van der Waals surface area contributed by atoms with Gasteiger partial charge in [-0.25, -0.2) is 9.50 Å². The number of rotatable bonds is 2. The van der Waals surface area contributed by atoms with E-state index >= 15 is 0 Å². The molecule has 6 heteroatoms. The van der Waals surface area contributed by atoms with Gasteiger partial charge in [0.25, 0.3) is 5.91 Å². The van der Waals surface area contributed by atoms with E-state index in [0.29, 0.717) is 17.3 Å². The fraction of sp³-hybridized carbons (Fsp3) is 0.533. The summed E-state index contributed by atoms with van der Waals surface area (Å²) in [5.41, 5.74) is 2.31. The molecular weight excluding hydrogens is 266 g/mol. The molecule has 3 heterocycles. The fourth-order valence-corrected chi connectivity index (χ4v) is 3.00. The minimum absolute atomic E-state index is 0.0633. The van der Waals surface area contributed by atoms with Crippen molar-refractivity contribution in [2.45, 2.75) is 25.3 Å². The number of amides is 1. The number of nitrogens with zero attached hydrogens (tertiary/aromatic N) is 5. The van der Waals surface area contributed by atoms with Crippen LogP contribution >= 0.6 is 0 Å². The molecule has 0 radical (unpaired) electrons. The smallest absolute Gasteiger partial charge is 0.258 e. The molecular formula is C15H21N5O. The second-order valence-corrected chi connectivity index (χ2v) is 5.86. The average Bonchev–Trinajstić information content (AvgIpc) is 2.91. The Morgan fingerprint density at radius 3 is 2.90 bits per heavy atom. The molecule has 1 aliphatic heterocycles. The number of piperidine rings is 1. The van der Waals surface area contributed by atoms with Crippen molar-refractivity contribution in [2.24, 2.45) is 0 Å². The topological polar surface area (TPSA) is 53.7 Å². The van der Waals surface area contributed by atoms with E-state index < -0.39 is 0 Å². The van der Waals surface area contributed by atoms with Gasteiger partial charge in [-0.1, -0.05) is 6.42 Å². The lowest BCUT2D eigenvalue weighted by molar-refractivity contribution is 0.0829. The first-order valence-corrected chi connectivity index (χ1v) is 7.34. The average molecular weight is 287 g/mol. The Morgan fingerprint density at radius 1 is 1.38 bits per heavy atom. The van der Waals surface area contributed by atoms with Gasteiger partial charge in [0.05, 0.1) is 17.9 Å². The highest BCUT2D eigenvalue weighted by atomic mass is 16.2. The van der Waals surface area contributed by atoms with Gasteiger partial charge in [-0.15, -0.1) is 0 Å². The molecule has 1 atom stereocenters. The molecule has 0 aliphatic carbocycles. The van der Waals surface area contributed by atoms with E-state index in [1.165, 1.54) is 12.8 Å². The van der Waals surface area contributed by atoms with Crippen LogP contribution < -0.4 is 0 Å².